The van der Waals surface area contributed by atoms with E-state index in [4.69, 9.17) is 28.9 Å². The number of nitrogen functional groups attached to an aromatic ring is 1. The number of hydrogen-bond acceptors (Lipinski definition) is 4. The smallest absolute Gasteiger partial charge is 0.398 e. The largest absolute Gasteiger partial charge is 0.434 e. The topological polar surface area (TPSA) is 80.9 Å². The number of rotatable bonds is 3. The lowest BCUT2D eigenvalue weighted by Gasteiger charge is -2.14. The summed E-state index contributed by atoms with van der Waals surface area (Å²) in [6.45, 7) is 0. The normalized spacial score (nSPS) is 11.3. The molecule has 0 aliphatic rings. The predicted molar refractivity (Wildman–Crippen MR) is 101 cm³/mol. The molecule has 3 rings (SSSR count). The molecule has 1 aromatic heterocycles. The average Bonchev–Trinajstić information content (AvgIpc) is 2.64. The molecule has 0 aliphatic carbocycles. The van der Waals surface area contributed by atoms with Gasteiger partial charge in [-0.2, -0.15) is 13.2 Å². The maximum atomic E-state index is 13.5. The van der Waals surface area contributed by atoms with Gasteiger partial charge in [-0.25, -0.2) is 9.97 Å². The van der Waals surface area contributed by atoms with Gasteiger partial charge in [0.1, 0.15) is 0 Å². The molecule has 2 aromatic carbocycles. The van der Waals surface area contributed by atoms with Gasteiger partial charge in [0.15, 0.2) is 11.5 Å². The van der Waals surface area contributed by atoms with Crippen molar-refractivity contribution in [1.82, 2.24) is 9.97 Å². The van der Waals surface area contributed by atoms with Crippen LogP contribution in [0.5, 0.6) is 0 Å². The summed E-state index contributed by atoms with van der Waals surface area (Å²) in [5.74, 6) is -1.33. The first-order valence-corrected chi connectivity index (χ1v) is 8.48. The van der Waals surface area contributed by atoms with Crippen LogP contribution in [-0.2, 0) is 6.18 Å². The predicted octanol–water partition coefficient (Wildman–Crippen LogP) is 5.30. The van der Waals surface area contributed by atoms with Crippen LogP contribution < -0.4 is 11.1 Å². The molecular weight excluding hydrogens is 416 g/mol. The van der Waals surface area contributed by atoms with Crippen molar-refractivity contribution in [3.63, 3.8) is 0 Å². The van der Waals surface area contributed by atoms with Crippen LogP contribution in [0.3, 0.4) is 0 Å². The molecule has 0 fully saturated rings. The summed E-state index contributed by atoms with van der Waals surface area (Å²) in [4.78, 5) is 19.9. The second-order valence-corrected chi connectivity index (χ2v) is 6.38. The third-order valence-corrected chi connectivity index (χ3v) is 4.52. The summed E-state index contributed by atoms with van der Waals surface area (Å²) >= 11 is 11.8. The monoisotopic (exact) mass is 426 g/mol. The molecule has 144 valence electrons. The minimum absolute atomic E-state index is 0.000623. The number of carbonyl (C=O) groups excluding carboxylic acids is 1. The molecule has 0 atom stereocenters. The van der Waals surface area contributed by atoms with E-state index in [-0.39, 0.29) is 32.8 Å². The van der Waals surface area contributed by atoms with Crippen molar-refractivity contribution in [3.8, 4) is 11.4 Å². The Hall–Kier alpha value is -2.84. The Balaban J connectivity index is 2.04. The Morgan fingerprint density at radius 1 is 1.07 bits per heavy atom. The first-order chi connectivity index (χ1) is 13.2. The van der Waals surface area contributed by atoms with Gasteiger partial charge in [-0.15, -0.1) is 0 Å². The fourth-order valence-electron chi connectivity index (χ4n) is 2.38. The van der Waals surface area contributed by atoms with Crippen molar-refractivity contribution in [3.05, 3.63) is 70.0 Å². The van der Waals surface area contributed by atoms with Gasteiger partial charge in [0.2, 0.25) is 0 Å². The number of aromatic nitrogens is 2. The minimum atomic E-state index is -4.90. The number of benzene rings is 2. The van der Waals surface area contributed by atoms with Gasteiger partial charge in [0.05, 0.1) is 21.3 Å². The van der Waals surface area contributed by atoms with Crippen LogP contribution in [0, 0.1) is 0 Å². The first-order valence-electron chi connectivity index (χ1n) is 7.73. The molecular formula is C18H11Cl2F3N4O. The standard InChI is InChI=1S/C18H11Cl2F3N4O/c19-11-5-3-7-13(14(11)20)26-17(28)10-8-25-16(27-15(10)18(21,22)23)9-4-1-2-6-12(9)24/h1-8H,24H2,(H,26,28). The van der Waals surface area contributed by atoms with Crippen LogP contribution in [0.4, 0.5) is 24.5 Å². The summed E-state index contributed by atoms with van der Waals surface area (Å²) in [7, 11) is 0. The van der Waals surface area contributed by atoms with Crippen LogP contribution in [0.1, 0.15) is 16.1 Å². The molecule has 0 saturated heterocycles. The van der Waals surface area contributed by atoms with E-state index in [2.05, 4.69) is 15.3 Å². The van der Waals surface area contributed by atoms with Crippen LogP contribution >= 0.6 is 23.2 Å². The lowest BCUT2D eigenvalue weighted by Crippen LogP contribution is -2.21. The molecule has 10 heteroatoms. The number of nitrogens with zero attached hydrogens (tertiary/aromatic N) is 2. The van der Waals surface area contributed by atoms with Crippen molar-refractivity contribution in [2.24, 2.45) is 0 Å². The van der Waals surface area contributed by atoms with E-state index >= 15 is 0 Å². The fourth-order valence-corrected chi connectivity index (χ4v) is 2.73. The highest BCUT2D eigenvalue weighted by molar-refractivity contribution is 6.44. The van der Waals surface area contributed by atoms with Crippen LogP contribution in [0.25, 0.3) is 11.4 Å². The SMILES string of the molecule is Nc1ccccc1-c1ncc(C(=O)Nc2cccc(Cl)c2Cl)c(C(F)(F)F)n1. The van der Waals surface area contributed by atoms with Crippen molar-refractivity contribution in [2.45, 2.75) is 6.18 Å². The number of carbonyl (C=O) groups is 1. The number of hydrogen-bond donors (Lipinski definition) is 2. The molecule has 0 aliphatic heterocycles. The lowest BCUT2D eigenvalue weighted by atomic mass is 10.1. The van der Waals surface area contributed by atoms with Gasteiger partial charge >= 0.3 is 6.18 Å². The third-order valence-electron chi connectivity index (χ3n) is 3.70. The third kappa shape index (κ3) is 4.02. The van der Waals surface area contributed by atoms with Gasteiger partial charge in [0.25, 0.3) is 5.91 Å². The number of para-hydroxylation sites is 1. The maximum Gasteiger partial charge on any atom is 0.434 e. The number of halogens is 5. The molecule has 0 bridgehead atoms. The Morgan fingerprint density at radius 2 is 1.79 bits per heavy atom. The van der Waals surface area contributed by atoms with Crippen molar-refractivity contribution >= 4 is 40.5 Å². The minimum Gasteiger partial charge on any atom is -0.398 e. The molecule has 1 amide bonds. The van der Waals surface area contributed by atoms with Crippen LogP contribution in [-0.4, -0.2) is 15.9 Å². The number of alkyl halides is 3. The summed E-state index contributed by atoms with van der Waals surface area (Å²) in [6, 6.07) is 10.6. The summed E-state index contributed by atoms with van der Waals surface area (Å²) in [5, 5.41) is 2.43. The van der Waals surface area contributed by atoms with Gasteiger partial charge < -0.3 is 11.1 Å². The fraction of sp³-hybridized carbons (Fsp3) is 0.0556. The average molecular weight is 427 g/mol. The Bertz CT molecular complexity index is 1060. The van der Waals surface area contributed by atoms with Crippen LogP contribution in [0.15, 0.2) is 48.7 Å². The molecule has 0 radical (unpaired) electrons. The van der Waals surface area contributed by atoms with Gasteiger partial charge in [-0.05, 0) is 24.3 Å². The molecule has 5 nitrogen and oxygen atoms in total. The summed E-state index contributed by atoms with van der Waals surface area (Å²) in [6.07, 6.45) is -4.10. The van der Waals surface area contributed by atoms with E-state index in [0.717, 1.165) is 6.20 Å². The number of nitrogens with one attached hydrogen (secondary N) is 1. The second-order valence-electron chi connectivity index (χ2n) is 5.60. The zero-order valence-corrected chi connectivity index (χ0v) is 15.4. The van der Waals surface area contributed by atoms with E-state index in [9.17, 15) is 18.0 Å². The van der Waals surface area contributed by atoms with Crippen molar-refractivity contribution < 1.29 is 18.0 Å². The zero-order chi connectivity index (χ0) is 20.5. The molecule has 3 N–H and O–H groups in total. The number of amides is 1. The highest BCUT2D eigenvalue weighted by Crippen LogP contribution is 2.34. The Kier molecular flexibility index (Phi) is 5.44. The quantitative estimate of drug-likeness (QED) is 0.556. The van der Waals surface area contributed by atoms with Gasteiger partial charge in [0, 0.05) is 17.4 Å². The van der Waals surface area contributed by atoms with E-state index in [1.165, 1.54) is 30.3 Å². The Labute approximate surface area is 167 Å². The molecule has 0 spiro atoms. The number of nitrogens with two attached hydrogens (primary N) is 1. The second kappa shape index (κ2) is 7.65. The molecule has 28 heavy (non-hydrogen) atoms. The van der Waals surface area contributed by atoms with E-state index in [1.807, 2.05) is 0 Å². The zero-order valence-electron chi connectivity index (χ0n) is 13.9. The summed E-state index contributed by atoms with van der Waals surface area (Å²) < 4.78 is 40.6. The molecule has 0 saturated carbocycles. The van der Waals surface area contributed by atoms with Gasteiger partial charge in [-0.1, -0.05) is 41.4 Å². The maximum absolute atomic E-state index is 13.5. The van der Waals surface area contributed by atoms with Crippen LogP contribution in [0.2, 0.25) is 10.0 Å². The highest BCUT2D eigenvalue weighted by Gasteiger charge is 2.38. The van der Waals surface area contributed by atoms with E-state index in [1.54, 1.807) is 12.1 Å². The van der Waals surface area contributed by atoms with E-state index < -0.39 is 23.3 Å². The Morgan fingerprint density at radius 3 is 2.46 bits per heavy atom. The molecule has 0 unspecified atom stereocenters. The highest BCUT2D eigenvalue weighted by atomic mass is 35.5. The molecule has 1 heterocycles. The van der Waals surface area contributed by atoms with Crippen molar-refractivity contribution in [1.29, 1.82) is 0 Å². The number of anilines is 2. The lowest BCUT2D eigenvalue weighted by molar-refractivity contribution is -0.141. The molecule has 3 aromatic rings. The van der Waals surface area contributed by atoms with Crippen molar-refractivity contribution in [2.75, 3.05) is 11.1 Å². The van der Waals surface area contributed by atoms with E-state index in [0.29, 0.717) is 0 Å². The summed E-state index contributed by atoms with van der Waals surface area (Å²) in [5.41, 5.74) is 4.11. The van der Waals surface area contributed by atoms with Gasteiger partial charge in [-0.3, -0.25) is 4.79 Å². The first kappa shape index (κ1) is 19.9.